The van der Waals surface area contributed by atoms with Crippen LogP contribution in [0.1, 0.15) is 33.3 Å². The summed E-state index contributed by atoms with van der Waals surface area (Å²) in [4.78, 5) is 27.3. The van der Waals surface area contributed by atoms with Crippen LogP contribution >= 0.6 is 0 Å². The molecular formula is C28H40N4O7S. The zero-order chi connectivity index (χ0) is 29.6. The van der Waals surface area contributed by atoms with Gasteiger partial charge < -0.3 is 30.1 Å². The van der Waals surface area contributed by atoms with Gasteiger partial charge in [-0.1, -0.05) is 6.92 Å². The molecule has 3 N–H and O–H groups in total. The number of rotatable bonds is 9. The Hall–Kier alpha value is -3.35. The van der Waals surface area contributed by atoms with Crippen molar-refractivity contribution in [3.63, 3.8) is 0 Å². The van der Waals surface area contributed by atoms with Crippen molar-refractivity contribution in [3.8, 4) is 11.5 Å². The molecule has 0 fully saturated rings. The minimum Gasteiger partial charge on any atom is -0.497 e. The van der Waals surface area contributed by atoms with Gasteiger partial charge in [0, 0.05) is 36.8 Å². The minimum atomic E-state index is -3.85. The van der Waals surface area contributed by atoms with Gasteiger partial charge in [0.15, 0.2) is 0 Å². The predicted molar refractivity (Wildman–Crippen MR) is 152 cm³/mol. The number of carbonyl (C=O) groups excluding carboxylic acids is 2. The molecular weight excluding hydrogens is 536 g/mol. The molecule has 12 heteroatoms. The minimum absolute atomic E-state index is 0.0135. The van der Waals surface area contributed by atoms with Gasteiger partial charge in [-0.05, 0) is 63.2 Å². The van der Waals surface area contributed by atoms with Crippen molar-refractivity contribution in [2.45, 2.75) is 57.2 Å². The van der Waals surface area contributed by atoms with Gasteiger partial charge in [0.25, 0.3) is 0 Å². The quantitative estimate of drug-likeness (QED) is 0.417. The molecule has 1 aliphatic heterocycles. The molecule has 0 aromatic heterocycles. The van der Waals surface area contributed by atoms with Crippen molar-refractivity contribution in [1.82, 2.24) is 14.5 Å². The predicted octanol–water partition coefficient (Wildman–Crippen LogP) is 2.69. The maximum atomic E-state index is 13.4. The van der Waals surface area contributed by atoms with E-state index in [0.29, 0.717) is 22.7 Å². The number of ether oxygens (including phenoxy) is 2. The molecule has 3 amide bonds. The van der Waals surface area contributed by atoms with Gasteiger partial charge in [0.2, 0.25) is 15.9 Å². The van der Waals surface area contributed by atoms with Crippen LogP contribution in [0.5, 0.6) is 11.5 Å². The van der Waals surface area contributed by atoms with Crippen molar-refractivity contribution in [1.29, 1.82) is 0 Å². The van der Waals surface area contributed by atoms with Crippen LogP contribution in [0.3, 0.4) is 0 Å². The van der Waals surface area contributed by atoms with E-state index < -0.39 is 22.2 Å². The molecule has 0 aliphatic carbocycles. The number of hydrogen-bond acceptors (Lipinski definition) is 7. The molecule has 1 aliphatic rings. The molecule has 3 atom stereocenters. The fraction of sp³-hybridized carbons (Fsp3) is 0.500. The van der Waals surface area contributed by atoms with Gasteiger partial charge >= 0.3 is 6.03 Å². The smallest absolute Gasteiger partial charge is 0.319 e. The van der Waals surface area contributed by atoms with Crippen LogP contribution in [0.25, 0.3) is 0 Å². The second kappa shape index (κ2) is 13.3. The topological polar surface area (TPSA) is 138 Å². The fourth-order valence-electron chi connectivity index (χ4n) is 4.43. The van der Waals surface area contributed by atoms with E-state index in [1.807, 2.05) is 20.8 Å². The number of benzene rings is 2. The van der Waals surface area contributed by atoms with E-state index in [2.05, 4.69) is 10.6 Å². The van der Waals surface area contributed by atoms with E-state index in [4.69, 9.17) is 9.47 Å². The van der Waals surface area contributed by atoms with Crippen LogP contribution in [0.2, 0.25) is 0 Å². The Balaban J connectivity index is 1.94. The SMILES string of the molecule is COc1ccc(S(=O)(=O)N(C)C[C@H]2Oc3ccc(NC(=O)NC(C)C)cc3CC(=O)N([C@H](C)CO)C[C@H]2C)cc1. The first-order valence-electron chi connectivity index (χ1n) is 13.2. The average molecular weight is 577 g/mol. The van der Waals surface area contributed by atoms with Crippen molar-refractivity contribution >= 4 is 27.6 Å². The number of aliphatic hydroxyl groups excluding tert-OH is 1. The average Bonchev–Trinajstić information content (AvgIpc) is 2.95. The lowest BCUT2D eigenvalue weighted by molar-refractivity contribution is -0.134. The van der Waals surface area contributed by atoms with E-state index in [-0.39, 0.29) is 54.9 Å². The van der Waals surface area contributed by atoms with Crippen molar-refractivity contribution < 1.29 is 32.6 Å². The highest BCUT2D eigenvalue weighted by Gasteiger charge is 2.33. The highest BCUT2D eigenvalue weighted by atomic mass is 32.2. The van der Waals surface area contributed by atoms with Gasteiger partial charge in [-0.3, -0.25) is 4.79 Å². The maximum Gasteiger partial charge on any atom is 0.319 e. The molecule has 0 saturated heterocycles. The van der Waals surface area contributed by atoms with Crippen molar-refractivity contribution in [2.24, 2.45) is 5.92 Å². The summed E-state index contributed by atoms with van der Waals surface area (Å²) >= 11 is 0. The van der Waals surface area contributed by atoms with Crippen molar-refractivity contribution in [3.05, 3.63) is 48.0 Å². The van der Waals surface area contributed by atoms with Crippen LogP contribution < -0.4 is 20.1 Å². The Bertz CT molecular complexity index is 1280. The summed E-state index contributed by atoms with van der Waals surface area (Å²) in [5.74, 6) is 0.479. The number of likely N-dealkylation sites (N-methyl/N-ethyl adjacent to an activating group) is 1. The number of hydrogen-bond donors (Lipinski definition) is 3. The fourth-order valence-corrected chi connectivity index (χ4v) is 5.62. The number of sulfonamides is 1. The Morgan fingerprint density at radius 2 is 1.88 bits per heavy atom. The number of carbonyl (C=O) groups is 2. The van der Waals surface area contributed by atoms with Crippen LogP contribution in [-0.2, 0) is 21.2 Å². The zero-order valence-electron chi connectivity index (χ0n) is 23.9. The second-order valence-corrected chi connectivity index (χ2v) is 12.5. The number of nitrogens with zero attached hydrogens (tertiary/aromatic N) is 2. The Labute approximate surface area is 236 Å². The molecule has 0 bridgehead atoms. The summed E-state index contributed by atoms with van der Waals surface area (Å²) in [5.41, 5.74) is 1.03. The summed E-state index contributed by atoms with van der Waals surface area (Å²) in [5, 5.41) is 15.4. The summed E-state index contributed by atoms with van der Waals surface area (Å²) in [6, 6.07) is 10.3. The third-order valence-corrected chi connectivity index (χ3v) is 8.64. The molecule has 3 rings (SSSR count). The van der Waals surface area contributed by atoms with E-state index in [1.165, 1.54) is 30.6 Å². The molecule has 0 spiro atoms. The van der Waals surface area contributed by atoms with Crippen LogP contribution in [0.4, 0.5) is 10.5 Å². The first-order chi connectivity index (χ1) is 18.8. The molecule has 40 heavy (non-hydrogen) atoms. The lowest BCUT2D eigenvalue weighted by atomic mass is 10.0. The molecule has 11 nitrogen and oxygen atoms in total. The van der Waals surface area contributed by atoms with Gasteiger partial charge in [-0.15, -0.1) is 0 Å². The normalized spacial score (nSPS) is 18.7. The Morgan fingerprint density at radius 3 is 2.48 bits per heavy atom. The monoisotopic (exact) mass is 576 g/mol. The third kappa shape index (κ3) is 7.64. The summed E-state index contributed by atoms with van der Waals surface area (Å²) in [7, 11) is -0.850. The molecule has 1 heterocycles. The third-order valence-electron chi connectivity index (χ3n) is 6.80. The van der Waals surface area contributed by atoms with E-state index in [1.54, 1.807) is 42.2 Å². The summed E-state index contributed by atoms with van der Waals surface area (Å²) in [6.07, 6.45) is -0.639. The molecule has 2 aromatic carbocycles. The van der Waals surface area contributed by atoms with E-state index in [9.17, 15) is 23.1 Å². The van der Waals surface area contributed by atoms with Gasteiger partial charge in [0.05, 0.1) is 37.6 Å². The van der Waals surface area contributed by atoms with E-state index >= 15 is 0 Å². The highest BCUT2D eigenvalue weighted by Crippen LogP contribution is 2.30. The number of amides is 3. The van der Waals surface area contributed by atoms with Gasteiger partial charge in [-0.2, -0.15) is 4.31 Å². The van der Waals surface area contributed by atoms with Crippen LogP contribution in [0.15, 0.2) is 47.4 Å². The number of aliphatic hydroxyl groups is 1. The second-order valence-electron chi connectivity index (χ2n) is 10.4. The summed E-state index contributed by atoms with van der Waals surface area (Å²) in [6.45, 7) is 7.40. The zero-order valence-corrected chi connectivity index (χ0v) is 24.7. The Kier molecular flexibility index (Phi) is 10.4. The van der Waals surface area contributed by atoms with Gasteiger partial charge in [0.1, 0.15) is 17.6 Å². The highest BCUT2D eigenvalue weighted by molar-refractivity contribution is 7.89. The Morgan fingerprint density at radius 1 is 1.20 bits per heavy atom. The number of fused-ring (bicyclic) bond motifs is 1. The standard InChI is InChI=1S/C28H40N4O7S/c1-18(2)29-28(35)30-22-7-12-25-21(13-22)14-27(34)32(20(4)17-33)15-19(3)26(39-25)16-31(5)40(36,37)24-10-8-23(38-6)9-11-24/h7-13,18-20,26,33H,14-17H2,1-6H3,(H2,29,30,35)/t19-,20-,26-/m1/s1. The number of urea groups is 1. The van der Waals surface area contributed by atoms with Crippen LogP contribution in [0, 0.1) is 5.92 Å². The molecule has 0 radical (unpaired) electrons. The van der Waals surface area contributed by atoms with E-state index in [0.717, 1.165) is 0 Å². The largest absolute Gasteiger partial charge is 0.497 e. The molecule has 220 valence electrons. The van der Waals surface area contributed by atoms with Crippen LogP contribution in [-0.4, -0.2) is 86.7 Å². The molecule has 2 aromatic rings. The summed E-state index contributed by atoms with van der Waals surface area (Å²) < 4.78 is 39.5. The van der Waals surface area contributed by atoms with Gasteiger partial charge in [-0.25, -0.2) is 13.2 Å². The molecule has 0 saturated carbocycles. The lowest BCUT2D eigenvalue weighted by Gasteiger charge is -2.33. The maximum absolute atomic E-state index is 13.4. The molecule has 0 unspecified atom stereocenters. The first kappa shape index (κ1) is 31.2. The number of nitrogens with one attached hydrogen (secondary N) is 2. The lowest BCUT2D eigenvalue weighted by Crippen LogP contribution is -2.48. The van der Waals surface area contributed by atoms with Crippen molar-refractivity contribution in [2.75, 3.05) is 39.2 Å². The number of methoxy groups -OCH3 is 1. The first-order valence-corrected chi connectivity index (χ1v) is 14.7. The number of anilines is 1.